The van der Waals surface area contributed by atoms with Crippen molar-refractivity contribution >= 4 is 0 Å². The second kappa shape index (κ2) is 6.64. The van der Waals surface area contributed by atoms with E-state index in [1.54, 1.807) is 0 Å². The van der Waals surface area contributed by atoms with Crippen LogP contribution in [-0.4, -0.2) is 49.1 Å². The molecule has 0 bridgehead atoms. The van der Waals surface area contributed by atoms with Gasteiger partial charge in [0, 0.05) is 19.1 Å². The van der Waals surface area contributed by atoms with E-state index in [4.69, 9.17) is 9.47 Å². The predicted octanol–water partition coefficient (Wildman–Crippen LogP) is 1.52. The first kappa shape index (κ1) is 14.6. The van der Waals surface area contributed by atoms with Gasteiger partial charge in [-0.3, -0.25) is 0 Å². The van der Waals surface area contributed by atoms with Crippen LogP contribution in [-0.2, 0) is 0 Å². The van der Waals surface area contributed by atoms with Crippen molar-refractivity contribution in [1.29, 1.82) is 0 Å². The van der Waals surface area contributed by atoms with Crippen LogP contribution < -0.4 is 14.8 Å². The summed E-state index contributed by atoms with van der Waals surface area (Å²) in [6, 6.07) is 6.16. The SMILES string of the molecule is CC(NCC(O)CN1CCCC1)c1ccc2c(c1)OCO2. The lowest BCUT2D eigenvalue weighted by atomic mass is 10.1. The average molecular weight is 292 g/mol. The van der Waals surface area contributed by atoms with Crippen molar-refractivity contribution in [1.82, 2.24) is 10.2 Å². The number of nitrogens with zero attached hydrogens (tertiary/aromatic N) is 1. The number of nitrogens with one attached hydrogen (secondary N) is 1. The molecule has 1 aromatic rings. The largest absolute Gasteiger partial charge is 0.454 e. The van der Waals surface area contributed by atoms with Gasteiger partial charge in [-0.15, -0.1) is 0 Å². The second-order valence-electron chi connectivity index (χ2n) is 5.90. The van der Waals surface area contributed by atoms with Crippen LogP contribution in [0.25, 0.3) is 0 Å². The molecule has 1 aromatic carbocycles. The minimum Gasteiger partial charge on any atom is -0.454 e. The van der Waals surface area contributed by atoms with E-state index in [1.807, 2.05) is 18.2 Å². The normalized spacial score (nSPS) is 20.7. The van der Waals surface area contributed by atoms with Gasteiger partial charge >= 0.3 is 0 Å². The lowest BCUT2D eigenvalue weighted by Gasteiger charge is -2.22. The van der Waals surface area contributed by atoms with Gasteiger partial charge < -0.3 is 24.8 Å². The molecule has 2 heterocycles. The van der Waals surface area contributed by atoms with Gasteiger partial charge in [0.2, 0.25) is 6.79 Å². The quantitative estimate of drug-likeness (QED) is 0.832. The number of likely N-dealkylation sites (tertiary alicyclic amines) is 1. The highest BCUT2D eigenvalue weighted by atomic mass is 16.7. The molecule has 0 aromatic heterocycles. The van der Waals surface area contributed by atoms with Crippen LogP contribution in [0, 0.1) is 0 Å². The van der Waals surface area contributed by atoms with Crippen molar-refractivity contribution in [2.75, 3.05) is 33.0 Å². The molecule has 0 radical (unpaired) electrons. The lowest BCUT2D eigenvalue weighted by Crippen LogP contribution is -2.37. The third kappa shape index (κ3) is 3.67. The number of hydrogen-bond acceptors (Lipinski definition) is 5. The lowest BCUT2D eigenvalue weighted by molar-refractivity contribution is 0.121. The van der Waals surface area contributed by atoms with E-state index in [-0.39, 0.29) is 12.1 Å². The third-order valence-electron chi connectivity index (χ3n) is 4.22. The van der Waals surface area contributed by atoms with Crippen LogP contribution >= 0.6 is 0 Å². The fourth-order valence-electron chi connectivity index (χ4n) is 2.94. The van der Waals surface area contributed by atoms with Gasteiger partial charge in [-0.2, -0.15) is 0 Å². The summed E-state index contributed by atoms with van der Waals surface area (Å²) in [5.41, 5.74) is 1.15. The highest BCUT2D eigenvalue weighted by Crippen LogP contribution is 2.34. The fraction of sp³-hybridized carbons (Fsp3) is 0.625. The summed E-state index contributed by atoms with van der Waals surface area (Å²) in [4.78, 5) is 2.33. The molecule has 2 aliphatic rings. The summed E-state index contributed by atoms with van der Waals surface area (Å²) in [5.74, 6) is 1.61. The molecule has 21 heavy (non-hydrogen) atoms. The molecular weight excluding hydrogens is 268 g/mol. The highest BCUT2D eigenvalue weighted by Gasteiger charge is 2.18. The van der Waals surface area contributed by atoms with Crippen LogP contribution in [0.1, 0.15) is 31.4 Å². The Balaban J connectivity index is 1.48. The zero-order valence-electron chi connectivity index (χ0n) is 12.5. The van der Waals surface area contributed by atoms with Gasteiger partial charge in [0.25, 0.3) is 0 Å². The van der Waals surface area contributed by atoms with E-state index in [0.717, 1.165) is 36.7 Å². The molecule has 1 saturated heterocycles. The van der Waals surface area contributed by atoms with Crippen LogP contribution in [0.4, 0.5) is 0 Å². The highest BCUT2D eigenvalue weighted by molar-refractivity contribution is 5.45. The summed E-state index contributed by atoms with van der Waals surface area (Å²) in [7, 11) is 0. The maximum atomic E-state index is 10.1. The van der Waals surface area contributed by atoms with Crippen molar-refractivity contribution in [2.24, 2.45) is 0 Å². The van der Waals surface area contributed by atoms with Crippen molar-refractivity contribution in [2.45, 2.75) is 31.9 Å². The molecule has 116 valence electrons. The Bertz CT molecular complexity index is 475. The fourth-order valence-corrected chi connectivity index (χ4v) is 2.94. The minimum absolute atomic E-state index is 0.174. The summed E-state index contributed by atoms with van der Waals surface area (Å²) in [6.45, 7) is 6.01. The van der Waals surface area contributed by atoms with E-state index < -0.39 is 0 Å². The molecule has 2 unspecified atom stereocenters. The molecular formula is C16H24N2O3. The van der Waals surface area contributed by atoms with E-state index in [9.17, 15) is 5.11 Å². The molecule has 0 spiro atoms. The maximum Gasteiger partial charge on any atom is 0.231 e. The van der Waals surface area contributed by atoms with Crippen LogP contribution in [0.3, 0.4) is 0 Å². The summed E-state index contributed by atoms with van der Waals surface area (Å²) in [5, 5.41) is 13.5. The molecule has 2 atom stereocenters. The molecule has 2 aliphatic heterocycles. The number of aliphatic hydroxyl groups is 1. The molecule has 5 heteroatoms. The van der Waals surface area contributed by atoms with Crippen LogP contribution in [0.15, 0.2) is 18.2 Å². The number of rotatable bonds is 6. The standard InChI is InChI=1S/C16H24N2O3/c1-12(13-4-5-15-16(8-13)21-11-20-15)17-9-14(19)10-18-6-2-3-7-18/h4-5,8,12,14,17,19H,2-3,6-7,9-11H2,1H3. The molecule has 0 amide bonds. The minimum atomic E-state index is -0.320. The van der Waals surface area contributed by atoms with Gasteiger partial charge in [-0.1, -0.05) is 6.07 Å². The Hall–Kier alpha value is -1.30. The van der Waals surface area contributed by atoms with Gasteiger partial charge in [0.15, 0.2) is 11.5 Å². The first-order valence-corrected chi connectivity index (χ1v) is 7.76. The topological polar surface area (TPSA) is 54.0 Å². The average Bonchev–Trinajstić information content (AvgIpc) is 3.14. The zero-order chi connectivity index (χ0) is 14.7. The summed E-state index contributed by atoms with van der Waals surface area (Å²) in [6.07, 6.45) is 2.20. The Morgan fingerprint density at radius 2 is 2.00 bits per heavy atom. The zero-order valence-corrected chi connectivity index (χ0v) is 12.5. The smallest absolute Gasteiger partial charge is 0.231 e. The van der Waals surface area contributed by atoms with Crippen molar-refractivity contribution in [3.8, 4) is 11.5 Å². The molecule has 0 aliphatic carbocycles. The number of hydrogen-bond donors (Lipinski definition) is 2. The number of aliphatic hydroxyl groups excluding tert-OH is 1. The monoisotopic (exact) mass is 292 g/mol. The summed E-state index contributed by atoms with van der Waals surface area (Å²) >= 11 is 0. The first-order chi connectivity index (χ1) is 10.2. The van der Waals surface area contributed by atoms with Crippen molar-refractivity contribution < 1.29 is 14.6 Å². The predicted molar refractivity (Wildman–Crippen MR) is 80.7 cm³/mol. The maximum absolute atomic E-state index is 10.1. The van der Waals surface area contributed by atoms with Crippen LogP contribution in [0.2, 0.25) is 0 Å². The Labute approximate surface area is 125 Å². The molecule has 0 saturated carbocycles. The van der Waals surface area contributed by atoms with Gasteiger partial charge in [-0.05, 0) is 50.6 Å². The van der Waals surface area contributed by atoms with E-state index >= 15 is 0 Å². The second-order valence-corrected chi connectivity index (χ2v) is 5.90. The third-order valence-corrected chi connectivity index (χ3v) is 4.22. The van der Waals surface area contributed by atoms with Crippen molar-refractivity contribution in [3.63, 3.8) is 0 Å². The van der Waals surface area contributed by atoms with E-state index in [1.165, 1.54) is 12.8 Å². The number of benzene rings is 1. The summed E-state index contributed by atoms with van der Waals surface area (Å²) < 4.78 is 10.7. The van der Waals surface area contributed by atoms with Gasteiger partial charge in [-0.25, -0.2) is 0 Å². The Kier molecular flexibility index (Phi) is 4.63. The number of ether oxygens (including phenoxy) is 2. The molecule has 3 rings (SSSR count). The van der Waals surface area contributed by atoms with Crippen molar-refractivity contribution in [3.05, 3.63) is 23.8 Å². The first-order valence-electron chi connectivity index (χ1n) is 7.76. The van der Waals surface area contributed by atoms with Gasteiger partial charge in [0.1, 0.15) is 0 Å². The van der Waals surface area contributed by atoms with E-state index in [0.29, 0.717) is 13.3 Å². The molecule has 5 nitrogen and oxygen atoms in total. The number of β-amino-alcohol motifs (C(OH)–C–C–N with tert-alkyl or cyclic N) is 1. The Morgan fingerprint density at radius 3 is 2.81 bits per heavy atom. The van der Waals surface area contributed by atoms with Gasteiger partial charge in [0.05, 0.1) is 6.10 Å². The van der Waals surface area contributed by atoms with E-state index in [2.05, 4.69) is 17.1 Å². The molecule has 1 fully saturated rings. The Morgan fingerprint density at radius 1 is 1.24 bits per heavy atom. The molecule has 2 N–H and O–H groups in total. The number of fused-ring (bicyclic) bond motifs is 1. The van der Waals surface area contributed by atoms with Crippen LogP contribution in [0.5, 0.6) is 11.5 Å².